The molecule has 1 aliphatic rings. The van der Waals surface area contributed by atoms with Crippen LogP contribution in [-0.2, 0) is 0 Å². The van der Waals surface area contributed by atoms with Crippen LogP contribution in [0, 0.1) is 13.8 Å². The van der Waals surface area contributed by atoms with Crippen LogP contribution < -0.4 is 14.6 Å². The van der Waals surface area contributed by atoms with Crippen molar-refractivity contribution in [3.05, 3.63) is 77.9 Å². The lowest BCUT2D eigenvalue weighted by molar-refractivity contribution is 0.377. The van der Waals surface area contributed by atoms with Gasteiger partial charge in [-0.3, -0.25) is 0 Å². The molecule has 0 amide bonds. The van der Waals surface area contributed by atoms with Gasteiger partial charge in [-0.05, 0) is 48.7 Å². The molecule has 0 N–H and O–H groups in total. The zero-order valence-corrected chi connectivity index (χ0v) is 14.7. The number of hydrogen-bond acceptors (Lipinski definition) is 2. The molecule has 0 aromatic heterocycles. The van der Waals surface area contributed by atoms with E-state index in [0.717, 1.165) is 11.5 Å². The molecule has 0 spiro atoms. The maximum Gasteiger partial charge on any atom is 0.158 e. The van der Waals surface area contributed by atoms with E-state index in [1.807, 2.05) is 12.1 Å². The molecule has 0 saturated heterocycles. The van der Waals surface area contributed by atoms with Crippen LogP contribution in [0.4, 0.5) is 0 Å². The number of fused-ring (bicyclic) bond motifs is 3. The third kappa shape index (κ3) is 2.90. The van der Waals surface area contributed by atoms with E-state index < -0.39 is 8.15 Å². The maximum atomic E-state index is 6.28. The van der Waals surface area contributed by atoms with Gasteiger partial charge in [-0.2, -0.15) is 0 Å². The molecule has 1 aliphatic heterocycles. The number of hydrogen-bond donors (Lipinski definition) is 0. The van der Waals surface area contributed by atoms with Gasteiger partial charge in [-0.25, -0.2) is 0 Å². The summed E-state index contributed by atoms with van der Waals surface area (Å²) in [4.78, 5) is 0. The molecule has 0 bridgehead atoms. The van der Waals surface area contributed by atoms with Gasteiger partial charge in [0.25, 0.3) is 0 Å². The minimum Gasteiger partial charge on any atom is -0.485 e. The normalized spacial score (nSPS) is 15.2. The van der Waals surface area contributed by atoms with Gasteiger partial charge >= 0.3 is 0 Å². The number of para-hydroxylation sites is 1. The molecular weight excluding hydrogens is 315 g/mol. The Hall–Kier alpha value is -2.31. The lowest BCUT2D eigenvalue weighted by Crippen LogP contribution is -2.18. The second-order valence-corrected chi connectivity index (χ2v) is 7.76. The molecule has 1 atom stereocenters. The van der Waals surface area contributed by atoms with Crippen LogP contribution in [-0.4, -0.2) is 6.35 Å². The summed E-state index contributed by atoms with van der Waals surface area (Å²) in [5, 5.41) is 1.25. The summed E-state index contributed by atoms with van der Waals surface area (Å²) in [6.45, 7) is 4.18. The van der Waals surface area contributed by atoms with E-state index in [4.69, 9.17) is 9.26 Å². The van der Waals surface area contributed by atoms with E-state index in [1.165, 1.54) is 27.6 Å². The van der Waals surface area contributed by atoms with Crippen LogP contribution in [0.15, 0.2) is 66.7 Å². The third-order valence-electron chi connectivity index (χ3n) is 4.10. The van der Waals surface area contributed by atoms with Crippen LogP contribution >= 0.6 is 8.15 Å². The van der Waals surface area contributed by atoms with Gasteiger partial charge in [-0.1, -0.05) is 48.5 Å². The Morgan fingerprint density at radius 3 is 2.29 bits per heavy atom. The Kier molecular flexibility index (Phi) is 4.00. The Labute approximate surface area is 143 Å². The quantitative estimate of drug-likeness (QED) is 0.595. The summed E-state index contributed by atoms with van der Waals surface area (Å²) in [6.07, 6.45) is 0.559. The van der Waals surface area contributed by atoms with E-state index in [1.54, 1.807) is 0 Å². The van der Waals surface area contributed by atoms with E-state index in [0.29, 0.717) is 6.35 Å². The van der Waals surface area contributed by atoms with Crippen LogP contribution in [0.5, 0.6) is 11.5 Å². The molecule has 0 saturated carbocycles. The Morgan fingerprint density at radius 2 is 1.50 bits per heavy atom. The van der Waals surface area contributed by atoms with Crippen LogP contribution in [0.2, 0.25) is 0 Å². The predicted octanol–water partition coefficient (Wildman–Crippen LogP) is 5.42. The molecule has 0 aliphatic carbocycles. The highest BCUT2D eigenvalue weighted by Crippen LogP contribution is 2.48. The van der Waals surface area contributed by atoms with Crippen LogP contribution in [0.1, 0.15) is 11.1 Å². The fraction of sp³-hybridized carbons (Fsp3) is 0.143. The van der Waals surface area contributed by atoms with Gasteiger partial charge < -0.3 is 9.26 Å². The number of ether oxygens (including phenoxy) is 1. The number of benzene rings is 3. The Bertz CT molecular complexity index is 868. The van der Waals surface area contributed by atoms with Gasteiger partial charge in [0.15, 0.2) is 8.15 Å². The molecule has 24 heavy (non-hydrogen) atoms. The van der Waals surface area contributed by atoms with Crippen molar-refractivity contribution in [3.63, 3.8) is 0 Å². The minimum atomic E-state index is -0.839. The summed E-state index contributed by atoms with van der Waals surface area (Å²) < 4.78 is 12.4. The molecule has 1 unspecified atom stereocenters. The summed E-state index contributed by atoms with van der Waals surface area (Å²) >= 11 is 0. The number of rotatable bonds is 3. The molecule has 4 rings (SSSR count). The van der Waals surface area contributed by atoms with Gasteiger partial charge in [0.05, 0.1) is 0 Å². The van der Waals surface area contributed by atoms with E-state index in [-0.39, 0.29) is 0 Å². The van der Waals surface area contributed by atoms with Crippen molar-refractivity contribution in [3.8, 4) is 22.6 Å². The highest BCUT2D eigenvalue weighted by atomic mass is 31.1. The first-order valence-corrected chi connectivity index (χ1v) is 9.50. The molecule has 3 aromatic rings. The molecule has 1 heterocycles. The summed E-state index contributed by atoms with van der Waals surface area (Å²) in [7, 11) is -0.839. The van der Waals surface area contributed by atoms with Crippen molar-refractivity contribution in [1.82, 2.24) is 0 Å². The first-order chi connectivity index (χ1) is 11.7. The fourth-order valence-electron chi connectivity index (χ4n) is 3.10. The van der Waals surface area contributed by atoms with Crippen LogP contribution in [0.25, 0.3) is 11.1 Å². The van der Waals surface area contributed by atoms with Crippen molar-refractivity contribution >= 4 is 13.5 Å². The molecule has 120 valence electrons. The molecule has 3 aromatic carbocycles. The molecule has 3 heteroatoms. The average molecular weight is 334 g/mol. The smallest absolute Gasteiger partial charge is 0.158 e. The van der Waals surface area contributed by atoms with E-state index in [9.17, 15) is 0 Å². The lowest BCUT2D eigenvalue weighted by Gasteiger charge is -2.28. The van der Waals surface area contributed by atoms with E-state index >= 15 is 0 Å². The Morgan fingerprint density at radius 1 is 0.833 bits per heavy atom. The second-order valence-electron chi connectivity index (χ2n) is 6.08. The summed E-state index contributed by atoms with van der Waals surface area (Å²) in [5.74, 6) is 1.86. The second kappa shape index (κ2) is 6.30. The first-order valence-electron chi connectivity index (χ1n) is 8.06. The summed E-state index contributed by atoms with van der Waals surface area (Å²) in [5.41, 5.74) is 4.86. The van der Waals surface area contributed by atoms with Crippen molar-refractivity contribution < 1.29 is 9.26 Å². The predicted molar refractivity (Wildman–Crippen MR) is 100 cm³/mol. The van der Waals surface area contributed by atoms with Gasteiger partial charge in [0.1, 0.15) is 17.8 Å². The molecule has 2 nitrogen and oxygen atoms in total. The number of aryl methyl sites for hydroxylation is 2. The minimum absolute atomic E-state index is 0.559. The van der Waals surface area contributed by atoms with Gasteiger partial charge in [0, 0.05) is 10.9 Å². The summed E-state index contributed by atoms with van der Waals surface area (Å²) in [6, 6.07) is 23.0. The third-order valence-corrected chi connectivity index (χ3v) is 5.81. The Balaban J connectivity index is 1.63. The van der Waals surface area contributed by atoms with Gasteiger partial charge in [0.2, 0.25) is 0 Å². The van der Waals surface area contributed by atoms with Crippen LogP contribution in [0.3, 0.4) is 0 Å². The molecule has 0 fully saturated rings. The standard InChI is InChI=1S/C21H19O2P/c1-15-11-16(2)13-17(12-15)22-14-24-21-10-6-4-8-19(21)18-7-3-5-9-20(18)23-24/h3-13H,14H2,1-2H3. The topological polar surface area (TPSA) is 18.5 Å². The fourth-order valence-corrected chi connectivity index (χ4v) is 4.77. The zero-order chi connectivity index (χ0) is 16.5. The highest BCUT2D eigenvalue weighted by Gasteiger charge is 2.26. The highest BCUT2D eigenvalue weighted by molar-refractivity contribution is 7.61. The first kappa shape index (κ1) is 15.2. The molecule has 0 radical (unpaired) electrons. The maximum absolute atomic E-state index is 6.28. The monoisotopic (exact) mass is 334 g/mol. The van der Waals surface area contributed by atoms with Crippen molar-refractivity contribution in [2.45, 2.75) is 13.8 Å². The lowest BCUT2D eigenvalue weighted by atomic mass is 10.0. The van der Waals surface area contributed by atoms with Crippen molar-refractivity contribution in [2.75, 3.05) is 6.35 Å². The van der Waals surface area contributed by atoms with E-state index in [2.05, 4.69) is 68.4 Å². The van der Waals surface area contributed by atoms with Crippen molar-refractivity contribution in [2.24, 2.45) is 0 Å². The van der Waals surface area contributed by atoms with Crippen molar-refractivity contribution in [1.29, 1.82) is 0 Å². The SMILES string of the molecule is Cc1cc(C)cc(OCP2Oc3ccccc3-c3ccccc32)c1. The average Bonchev–Trinajstić information content (AvgIpc) is 2.59. The van der Waals surface area contributed by atoms with Gasteiger partial charge in [-0.15, -0.1) is 0 Å². The largest absolute Gasteiger partial charge is 0.485 e. The molecular formula is C21H19O2P. The zero-order valence-electron chi connectivity index (χ0n) is 13.8.